The monoisotopic (exact) mass is 264 g/mol. The van der Waals surface area contributed by atoms with Gasteiger partial charge in [0, 0.05) is 5.56 Å². The zero-order valence-electron chi connectivity index (χ0n) is 8.17. The van der Waals surface area contributed by atoms with Gasteiger partial charge < -0.3 is 9.84 Å². The fraction of sp³-hybridized carbons (Fsp3) is 0.125. The first-order valence-electron chi connectivity index (χ1n) is 3.96. The van der Waals surface area contributed by atoms with Crippen LogP contribution in [-0.2, 0) is 10.1 Å². The molecule has 1 aromatic rings. The number of phenolic OH excluding ortho intramolecular Hbond substituents is 1. The van der Waals surface area contributed by atoms with E-state index >= 15 is 0 Å². The first-order chi connectivity index (χ1) is 7.29. The van der Waals surface area contributed by atoms with E-state index in [1.807, 2.05) is 0 Å². The lowest BCUT2D eigenvalue weighted by Gasteiger charge is -2.10. The van der Waals surface area contributed by atoms with Crippen LogP contribution in [-0.4, -0.2) is 30.7 Å². The average molecular weight is 264 g/mol. The van der Waals surface area contributed by atoms with Crippen LogP contribution in [0.25, 0.3) is 0 Å². The van der Waals surface area contributed by atoms with E-state index in [4.69, 9.17) is 4.55 Å². The number of aromatic hydroxyl groups is 1. The summed E-state index contributed by atoms with van der Waals surface area (Å²) < 4.78 is 35.8. The minimum absolute atomic E-state index is 0.276. The van der Waals surface area contributed by atoms with Gasteiger partial charge in [-0.25, -0.2) is 0 Å². The van der Waals surface area contributed by atoms with Gasteiger partial charge in [-0.3, -0.25) is 9.35 Å². The predicted molar refractivity (Wildman–Crippen MR) is 58.5 cm³/mol. The Balaban J connectivity index is 3.75. The number of phenols is 1. The van der Waals surface area contributed by atoms with Crippen LogP contribution < -0.4 is 4.74 Å². The maximum atomic E-state index is 11.1. The van der Waals surface area contributed by atoms with E-state index in [-0.39, 0.29) is 5.56 Å². The molecule has 0 aliphatic heterocycles. The third kappa shape index (κ3) is 2.32. The molecule has 8 heteroatoms. The van der Waals surface area contributed by atoms with Crippen LogP contribution in [0.4, 0.5) is 0 Å². The largest absolute Gasteiger partial charge is 0.504 e. The molecule has 1 rings (SSSR count). The van der Waals surface area contributed by atoms with Gasteiger partial charge in [-0.05, 0) is 12.1 Å². The van der Waals surface area contributed by atoms with Crippen LogP contribution in [0.15, 0.2) is 17.0 Å². The molecule has 1 unspecified atom stereocenters. The summed E-state index contributed by atoms with van der Waals surface area (Å²) in [6.07, 6.45) is 0. The summed E-state index contributed by atoms with van der Waals surface area (Å²) in [4.78, 5) is 10.4. The van der Waals surface area contributed by atoms with Crippen LogP contribution in [0.3, 0.4) is 0 Å². The van der Waals surface area contributed by atoms with Crippen LogP contribution in [0.2, 0.25) is 0 Å². The highest BCUT2D eigenvalue weighted by atomic mass is 32.2. The van der Waals surface area contributed by atoms with E-state index in [2.05, 4.69) is 4.74 Å². The summed E-state index contributed by atoms with van der Waals surface area (Å²) in [7, 11) is -1.78. The van der Waals surface area contributed by atoms with Crippen LogP contribution in [0, 0.1) is 0 Å². The molecule has 16 heavy (non-hydrogen) atoms. The van der Waals surface area contributed by atoms with E-state index in [0.717, 1.165) is 19.2 Å². The molecule has 0 aromatic heterocycles. The molecule has 0 saturated carbocycles. The Morgan fingerprint density at radius 2 is 2.00 bits per heavy atom. The maximum absolute atomic E-state index is 11.1. The zero-order valence-corrected chi connectivity index (χ0v) is 10.1. The van der Waals surface area contributed by atoms with E-state index in [0.29, 0.717) is 0 Å². The lowest BCUT2D eigenvalue weighted by molar-refractivity contribution is 0.108. The molecule has 0 aliphatic carbocycles. The standard InChI is InChI=1S/C8H9O6PS/c1-14-6-5(9)3-2-4(8(10)15)7(6)16(11,12)13/h2-3,9H,15H2,1H3,(H,11,12,13). The number of rotatable bonds is 3. The van der Waals surface area contributed by atoms with Crippen LogP contribution in [0.5, 0.6) is 11.5 Å². The topological polar surface area (TPSA) is 101 Å². The minimum atomic E-state index is -4.66. The van der Waals surface area contributed by atoms with Gasteiger partial charge in [0.25, 0.3) is 10.1 Å². The molecule has 88 valence electrons. The number of benzene rings is 1. The van der Waals surface area contributed by atoms with Crippen molar-refractivity contribution in [3.63, 3.8) is 0 Å². The van der Waals surface area contributed by atoms with Crippen molar-refractivity contribution in [3.8, 4) is 11.5 Å². The van der Waals surface area contributed by atoms with Crippen molar-refractivity contribution in [1.29, 1.82) is 0 Å². The van der Waals surface area contributed by atoms with E-state index < -0.39 is 32.0 Å². The molecule has 2 N–H and O–H groups in total. The molecule has 0 bridgehead atoms. The van der Waals surface area contributed by atoms with Gasteiger partial charge in [-0.1, -0.05) is 9.24 Å². The van der Waals surface area contributed by atoms with E-state index in [1.54, 1.807) is 9.24 Å². The third-order valence-corrected chi connectivity index (χ3v) is 3.05. The van der Waals surface area contributed by atoms with Crippen molar-refractivity contribution in [3.05, 3.63) is 17.7 Å². The molecule has 0 spiro atoms. The quantitative estimate of drug-likeness (QED) is 0.614. The molecule has 1 atom stereocenters. The summed E-state index contributed by atoms with van der Waals surface area (Å²) in [5.74, 6) is -0.944. The highest BCUT2D eigenvalue weighted by Gasteiger charge is 2.26. The molecular weight excluding hydrogens is 255 g/mol. The smallest absolute Gasteiger partial charge is 0.299 e. The Morgan fingerprint density at radius 3 is 2.38 bits per heavy atom. The number of ether oxygens (including phenoxy) is 1. The Kier molecular flexibility index (Phi) is 3.52. The summed E-state index contributed by atoms with van der Waals surface area (Å²) in [6, 6.07) is 2.18. The molecule has 1 aromatic carbocycles. The number of carbonyl (C=O) groups excluding carboxylic acids is 1. The fourth-order valence-corrected chi connectivity index (χ4v) is 2.41. The first kappa shape index (κ1) is 12.9. The van der Waals surface area contributed by atoms with Crippen LogP contribution in [0.1, 0.15) is 10.4 Å². The Labute approximate surface area is 94.2 Å². The average Bonchev–Trinajstić information content (AvgIpc) is 2.15. The molecule has 6 nitrogen and oxygen atoms in total. The summed E-state index contributed by atoms with van der Waals surface area (Å²) in [5, 5.41) is 9.34. The van der Waals surface area contributed by atoms with Gasteiger partial charge in [-0.15, -0.1) is 0 Å². The van der Waals surface area contributed by atoms with Crippen molar-refractivity contribution < 1.29 is 27.6 Å². The number of hydrogen-bond donors (Lipinski definition) is 2. The molecule has 0 amide bonds. The molecule has 0 aliphatic rings. The van der Waals surface area contributed by atoms with Gasteiger partial charge in [0.15, 0.2) is 21.9 Å². The summed E-state index contributed by atoms with van der Waals surface area (Å²) in [6.45, 7) is 0. The Bertz CT molecular complexity index is 536. The first-order valence-corrected chi connectivity index (χ1v) is 5.98. The molecule has 0 radical (unpaired) electrons. The van der Waals surface area contributed by atoms with Crippen molar-refractivity contribution in [2.75, 3.05) is 7.11 Å². The second-order valence-corrected chi connectivity index (χ2v) is 4.72. The number of carbonyl (C=O) groups is 1. The molecule has 0 saturated heterocycles. The van der Waals surface area contributed by atoms with Gasteiger partial charge in [0.1, 0.15) is 0 Å². The molecule has 0 heterocycles. The van der Waals surface area contributed by atoms with Gasteiger partial charge in [0.2, 0.25) is 0 Å². The van der Waals surface area contributed by atoms with E-state index in [9.17, 15) is 18.3 Å². The highest BCUT2D eigenvalue weighted by Crippen LogP contribution is 2.36. The lowest BCUT2D eigenvalue weighted by Crippen LogP contribution is -2.07. The Hall–Kier alpha value is -1.17. The normalized spacial score (nSPS) is 11.2. The van der Waals surface area contributed by atoms with Crippen molar-refractivity contribution in [2.45, 2.75) is 4.90 Å². The SMILES string of the molecule is COc1c(O)ccc(C(=O)P)c1S(=O)(=O)O. The van der Waals surface area contributed by atoms with Crippen molar-refractivity contribution >= 4 is 24.9 Å². The molecular formula is C8H9O6PS. The summed E-state index contributed by atoms with van der Waals surface area (Å²) in [5.41, 5.74) is -0.923. The van der Waals surface area contributed by atoms with Gasteiger partial charge in [0.05, 0.1) is 7.11 Å². The number of hydrogen-bond acceptors (Lipinski definition) is 5. The highest BCUT2D eigenvalue weighted by molar-refractivity contribution is 7.86. The van der Waals surface area contributed by atoms with Gasteiger partial charge >= 0.3 is 0 Å². The lowest BCUT2D eigenvalue weighted by atomic mass is 10.2. The third-order valence-electron chi connectivity index (χ3n) is 1.82. The zero-order chi connectivity index (χ0) is 12.5. The summed E-state index contributed by atoms with van der Waals surface area (Å²) >= 11 is 0. The second kappa shape index (κ2) is 4.37. The Morgan fingerprint density at radius 1 is 1.44 bits per heavy atom. The second-order valence-electron chi connectivity index (χ2n) is 2.83. The maximum Gasteiger partial charge on any atom is 0.299 e. The fourth-order valence-electron chi connectivity index (χ4n) is 1.20. The number of methoxy groups -OCH3 is 1. The predicted octanol–water partition coefficient (Wildman–Crippen LogP) is 0.663. The van der Waals surface area contributed by atoms with Crippen molar-refractivity contribution in [2.24, 2.45) is 0 Å². The van der Waals surface area contributed by atoms with Gasteiger partial charge in [-0.2, -0.15) is 8.42 Å². The van der Waals surface area contributed by atoms with Crippen molar-refractivity contribution in [1.82, 2.24) is 0 Å². The molecule has 0 fully saturated rings. The van der Waals surface area contributed by atoms with E-state index in [1.165, 1.54) is 0 Å². The van der Waals surface area contributed by atoms with Crippen LogP contribution >= 0.6 is 9.24 Å². The minimum Gasteiger partial charge on any atom is -0.504 e.